The van der Waals surface area contributed by atoms with Crippen LogP contribution >= 0.6 is 34.5 Å². The molecule has 116 valence electrons. The largest absolute Gasteiger partial charge is 0.469 e. The van der Waals surface area contributed by atoms with Gasteiger partial charge in [0.1, 0.15) is 0 Å². The molecule has 0 spiro atoms. The first-order valence-corrected chi connectivity index (χ1v) is 7.95. The zero-order chi connectivity index (χ0) is 16.1. The van der Waals surface area contributed by atoms with E-state index in [1.54, 1.807) is 36.4 Å². The molecule has 0 aliphatic rings. The van der Waals surface area contributed by atoms with Crippen LogP contribution in [-0.4, -0.2) is 19.0 Å². The van der Waals surface area contributed by atoms with Crippen LogP contribution in [0.2, 0.25) is 9.36 Å². The minimum atomic E-state index is -0.502. The minimum Gasteiger partial charge on any atom is -0.469 e. The molecule has 2 rings (SSSR count). The van der Waals surface area contributed by atoms with Crippen LogP contribution in [0.25, 0.3) is 0 Å². The maximum Gasteiger partial charge on any atom is 0.307 e. The molecule has 0 aliphatic carbocycles. The maximum atomic E-state index is 12.2. The summed E-state index contributed by atoms with van der Waals surface area (Å²) in [5, 5.41) is 3.40. The number of hydrogen-bond donors (Lipinski definition) is 1. The second-order valence-corrected chi connectivity index (χ2v) is 6.61. The van der Waals surface area contributed by atoms with E-state index in [-0.39, 0.29) is 12.3 Å². The van der Waals surface area contributed by atoms with E-state index in [9.17, 15) is 9.59 Å². The lowest BCUT2D eigenvalue weighted by molar-refractivity contribution is -0.141. The molecule has 0 fully saturated rings. The SMILES string of the molecule is COC(=O)CC(NC(=O)c1ccc(Cl)s1)c1ccc(Cl)cc1. The molecular weight excluding hydrogens is 345 g/mol. The van der Waals surface area contributed by atoms with Crippen LogP contribution in [0.5, 0.6) is 0 Å². The Morgan fingerprint density at radius 2 is 1.86 bits per heavy atom. The topological polar surface area (TPSA) is 55.4 Å². The highest BCUT2D eigenvalue weighted by Crippen LogP contribution is 2.24. The number of rotatable bonds is 5. The van der Waals surface area contributed by atoms with Crippen molar-refractivity contribution in [3.8, 4) is 0 Å². The van der Waals surface area contributed by atoms with Crippen molar-refractivity contribution in [1.29, 1.82) is 0 Å². The molecule has 1 unspecified atom stereocenters. The molecular formula is C15H13Cl2NO3S. The molecule has 0 bridgehead atoms. The molecule has 0 saturated heterocycles. The summed E-state index contributed by atoms with van der Waals surface area (Å²) in [4.78, 5) is 24.3. The predicted octanol–water partition coefficient (Wildman–Crippen LogP) is 4.09. The lowest BCUT2D eigenvalue weighted by atomic mass is 10.0. The van der Waals surface area contributed by atoms with E-state index in [4.69, 9.17) is 23.2 Å². The van der Waals surface area contributed by atoms with E-state index >= 15 is 0 Å². The van der Waals surface area contributed by atoms with Crippen molar-refractivity contribution >= 4 is 46.4 Å². The van der Waals surface area contributed by atoms with Gasteiger partial charge in [0.25, 0.3) is 5.91 Å². The summed E-state index contributed by atoms with van der Waals surface area (Å²) in [6, 6.07) is 9.72. The molecule has 1 aromatic carbocycles. The molecule has 1 aromatic heterocycles. The van der Waals surface area contributed by atoms with Crippen molar-refractivity contribution in [2.75, 3.05) is 7.11 Å². The highest BCUT2D eigenvalue weighted by molar-refractivity contribution is 7.18. The fourth-order valence-corrected chi connectivity index (χ4v) is 2.94. The van der Waals surface area contributed by atoms with Crippen LogP contribution in [0.15, 0.2) is 36.4 Å². The number of nitrogens with one attached hydrogen (secondary N) is 1. The summed E-state index contributed by atoms with van der Waals surface area (Å²) in [6.45, 7) is 0. The highest BCUT2D eigenvalue weighted by atomic mass is 35.5. The number of hydrogen-bond acceptors (Lipinski definition) is 4. The number of esters is 1. The zero-order valence-electron chi connectivity index (χ0n) is 11.6. The number of amides is 1. The molecule has 22 heavy (non-hydrogen) atoms. The lowest BCUT2D eigenvalue weighted by Gasteiger charge is -2.18. The molecule has 4 nitrogen and oxygen atoms in total. The molecule has 0 aliphatic heterocycles. The molecule has 1 atom stereocenters. The van der Waals surface area contributed by atoms with Gasteiger partial charge >= 0.3 is 5.97 Å². The first-order valence-electron chi connectivity index (χ1n) is 6.38. The molecule has 2 aromatic rings. The van der Waals surface area contributed by atoms with Gasteiger partial charge in [-0.1, -0.05) is 35.3 Å². The monoisotopic (exact) mass is 357 g/mol. The van der Waals surface area contributed by atoms with E-state index in [0.717, 1.165) is 5.56 Å². The van der Waals surface area contributed by atoms with Crippen molar-refractivity contribution in [3.05, 3.63) is 56.2 Å². The summed E-state index contributed by atoms with van der Waals surface area (Å²) in [5.41, 5.74) is 0.769. The predicted molar refractivity (Wildman–Crippen MR) is 87.6 cm³/mol. The summed E-state index contributed by atoms with van der Waals surface area (Å²) in [7, 11) is 1.31. The van der Waals surface area contributed by atoms with Gasteiger partial charge in [0.2, 0.25) is 0 Å². The molecule has 0 saturated carbocycles. The Morgan fingerprint density at radius 3 is 2.41 bits per heavy atom. The normalized spacial score (nSPS) is 11.8. The van der Waals surface area contributed by atoms with Crippen LogP contribution in [0.1, 0.15) is 27.7 Å². The number of methoxy groups -OCH3 is 1. The van der Waals surface area contributed by atoms with Gasteiger partial charge in [-0.15, -0.1) is 11.3 Å². The number of ether oxygens (including phenoxy) is 1. The Balaban J connectivity index is 2.18. The van der Waals surface area contributed by atoms with Gasteiger partial charge in [-0.25, -0.2) is 0 Å². The van der Waals surface area contributed by atoms with Crippen molar-refractivity contribution in [2.45, 2.75) is 12.5 Å². The second kappa shape index (κ2) is 7.63. The van der Waals surface area contributed by atoms with Crippen LogP contribution in [0.3, 0.4) is 0 Å². The van der Waals surface area contributed by atoms with Gasteiger partial charge in [0.15, 0.2) is 0 Å². The average molecular weight is 358 g/mol. The molecule has 1 heterocycles. The van der Waals surface area contributed by atoms with Gasteiger partial charge in [0, 0.05) is 5.02 Å². The fraction of sp³-hybridized carbons (Fsp3) is 0.200. The van der Waals surface area contributed by atoms with Gasteiger partial charge < -0.3 is 10.1 Å². The smallest absolute Gasteiger partial charge is 0.307 e. The van der Waals surface area contributed by atoms with Crippen molar-refractivity contribution in [3.63, 3.8) is 0 Å². The van der Waals surface area contributed by atoms with Crippen LogP contribution in [-0.2, 0) is 9.53 Å². The molecule has 1 amide bonds. The third kappa shape index (κ3) is 4.47. The van der Waals surface area contributed by atoms with E-state index in [1.165, 1.54) is 18.4 Å². The Morgan fingerprint density at radius 1 is 1.18 bits per heavy atom. The standard InChI is InChI=1S/C15H13Cl2NO3S/c1-21-14(19)8-11(9-2-4-10(16)5-3-9)18-15(20)12-6-7-13(17)22-12/h2-7,11H,8H2,1H3,(H,18,20). The van der Waals surface area contributed by atoms with Crippen molar-refractivity contribution < 1.29 is 14.3 Å². The van der Waals surface area contributed by atoms with Crippen LogP contribution < -0.4 is 5.32 Å². The minimum absolute atomic E-state index is 0.0307. The quantitative estimate of drug-likeness (QED) is 0.819. The van der Waals surface area contributed by atoms with Crippen LogP contribution in [0.4, 0.5) is 0 Å². The molecule has 1 N–H and O–H groups in total. The molecule has 7 heteroatoms. The summed E-state index contributed by atoms with van der Waals surface area (Å²) in [6.07, 6.45) is 0.0307. The van der Waals surface area contributed by atoms with E-state index in [0.29, 0.717) is 14.2 Å². The lowest BCUT2D eigenvalue weighted by Crippen LogP contribution is -2.30. The van der Waals surface area contributed by atoms with Gasteiger partial charge in [0.05, 0.1) is 28.8 Å². The Bertz CT molecular complexity index is 670. The average Bonchev–Trinajstić information content (AvgIpc) is 2.94. The fourth-order valence-electron chi connectivity index (χ4n) is 1.86. The van der Waals surface area contributed by atoms with Gasteiger partial charge in [-0.05, 0) is 29.8 Å². The van der Waals surface area contributed by atoms with Crippen molar-refractivity contribution in [1.82, 2.24) is 5.32 Å². The molecule has 0 radical (unpaired) electrons. The first-order chi connectivity index (χ1) is 10.5. The number of benzene rings is 1. The maximum absolute atomic E-state index is 12.2. The third-order valence-electron chi connectivity index (χ3n) is 2.97. The van der Waals surface area contributed by atoms with Crippen molar-refractivity contribution in [2.24, 2.45) is 0 Å². The number of halogens is 2. The zero-order valence-corrected chi connectivity index (χ0v) is 14.0. The van der Waals surface area contributed by atoms with E-state index in [1.807, 2.05) is 0 Å². The number of carbonyl (C=O) groups is 2. The third-order valence-corrected chi connectivity index (χ3v) is 4.46. The first kappa shape index (κ1) is 16.8. The van der Waals surface area contributed by atoms with Gasteiger partial charge in [-0.3, -0.25) is 9.59 Å². The Hall–Kier alpha value is -1.56. The number of thiophene rings is 1. The van der Waals surface area contributed by atoms with Gasteiger partial charge in [-0.2, -0.15) is 0 Å². The number of carbonyl (C=O) groups excluding carboxylic acids is 2. The Labute approximate surface area is 142 Å². The van der Waals surface area contributed by atoms with Crippen LogP contribution in [0, 0.1) is 0 Å². The van der Waals surface area contributed by atoms with E-state index < -0.39 is 12.0 Å². The second-order valence-electron chi connectivity index (χ2n) is 4.46. The summed E-state index contributed by atoms with van der Waals surface area (Å²) >= 11 is 12.9. The van der Waals surface area contributed by atoms with E-state index in [2.05, 4.69) is 10.1 Å². The summed E-state index contributed by atoms with van der Waals surface area (Å²) in [5.74, 6) is -0.704. The Kier molecular flexibility index (Phi) is 5.83. The summed E-state index contributed by atoms with van der Waals surface area (Å²) < 4.78 is 5.21. The highest BCUT2D eigenvalue weighted by Gasteiger charge is 2.20.